The minimum absolute atomic E-state index is 0.273. The molecule has 0 N–H and O–H groups in total. The summed E-state index contributed by atoms with van der Waals surface area (Å²) in [7, 11) is 6.09. The van der Waals surface area contributed by atoms with Gasteiger partial charge in [-0.1, -0.05) is 0 Å². The monoisotopic (exact) mass is 325 g/mol. The number of piperidine rings is 1. The van der Waals surface area contributed by atoms with E-state index < -0.39 is 0 Å². The average molecular weight is 325 g/mol. The first kappa shape index (κ1) is 17.3. The van der Waals surface area contributed by atoms with E-state index in [2.05, 4.69) is 19.7 Å². The third-order valence-electron chi connectivity index (χ3n) is 4.12. The van der Waals surface area contributed by atoms with Gasteiger partial charge >= 0.3 is 0 Å². The summed E-state index contributed by atoms with van der Waals surface area (Å²) in [5.41, 5.74) is 0. The van der Waals surface area contributed by atoms with Crippen LogP contribution in [0.2, 0.25) is 0 Å². The van der Waals surface area contributed by atoms with E-state index in [9.17, 15) is 4.79 Å². The van der Waals surface area contributed by atoms with Gasteiger partial charge in [-0.05, 0) is 33.2 Å². The van der Waals surface area contributed by atoms with Gasteiger partial charge in [0.1, 0.15) is 11.6 Å². The molecule has 2 heterocycles. The van der Waals surface area contributed by atoms with Crippen molar-refractivity contribution in [3.05, 3.63) is 11.6 Å². The van der Waals surface area contributed by atoms with Crippen molar-refractivity contribution in [2.45, 2.75) is 31.7 Å². The SMILES string of the molecule is CSCCC(=O)N1CCC[C@H](c2nnc(CN(C)C)n2C)C1. The first-order chi connectivity index (χ1) is 10.5. The number of thioether (sulfide) groups is 1. The van der Waals surface area contributed by atoms with Gasteiger partial charge in [-0.15, -0.1) is 10.2 Å². The maximum atomic E-state index is 12.2. The second-order valence-corrected chi connectivity index (χ2v) is 7.18. The van der Waals surface area contributed by atoms with Gasteiger partial charge in [0.05, 0.1) is 6.54 Å². The zero-order valence-electron chi connectivity index (χ0n) is 14.1. The Balaban J connectivity index is 2.03. The smallest absolute Gasteiger partial charge is 0.223 e. The predicted octanol–water partition coefficient (Wildman–Crippen LogP) is 1.34. The molecule has 1 fully saturated rings. The van der Waals surface area contributed by atoms with Gasteiger partial charge in [-0.25, -0.2) is 0 Å². The van der Waals surface area contributed by atoms with Crippen LogP contribution in [0.4, 0.5) is 0 Å². The van der Waals surface area contributed by atoms with Crippen molar-refractivity contribution in [3.63, 3.8) is 0 Å². The highest BCUT2D eigenvalue weighted by atomic mass is 32.2. The van der Waals surface area contributed by atoms with E-state index in [0.717, 1.165) is 49.9 Å². The second kappa shape index (κ2) is 7.97. The van der Waals surface area contributed by atoms with Gasteiger partial charge in [-0.2, -0.15) is 11.8 Å². The van der Waals surface area contributed by atoms with Crippen molar-refractivity contribution in [1.82, 2.24) is 24.6 Å². The molecule has 1 atom stereocenters. The summed E-state index contributed by atoms with van der Waals surface area (Å²) in [5, 5.41) is 8.71. The lowest BCUT2D eigenvalue weighted by Gasteiger charge is -2.32. The fraction of sp³-hybridized carbons (Fsp3) is 0.800. The number of likely N-dealkylation sites (tertiary alicyclic amines) is 1. The second-order valence-electron chi connectivity index (χ2n) is 6.19. The largest absolute Gasteiger partial charge is 0.342 e. The Morgan fingerprint density at radius 1 is 1.41 bits per heavy atom. The number of nitrogens with zero attached hydrogens (tertiary/aromatic N) is 5. The Hall–Kier alpha value is -1.08. The van der Waals surface area contributed by atoms with E-state index in [1.54, 1.807) is 11.8 Å². The van der Waals surface area contributed by atoms with E-state index in [1.807, 2.05) is 32.3 Å². The first-order valence-corrected chi connectivity index (χ1v) is 9.22. The third-order valence-corrected chi connectivity index (χ3v) is 4.73. The Kier molecular flexibility index (Phi) is 6.26. The summed E-state index contributed by atoms with van der Waals surface area (Å²) >= 11 is 1.72. The standard InChI is InChI=1S/C15H27N5OS/c1-18(2)11-13-16-17-15(19(13)3)12-6-5-8-20(10-12)14(21)7-9-22-4/h12H,5-11H2,1-4H3/t12-/m0/s1. The number of carbonyl (C=O) groups is 1. The Morgan fingerprint density at radius 2 is 2.18 bits per heavy atom. The molecule has 22 heavy (non-hydrogen) atoms. The molecule has 1 amide bonds. The molecule has 0 radical (unpaired) electrons. The highest BCUT2D eigenvalue weighted by molar-refractivity contribution is 7.98. The summed E-state index contributed by atoms with van der Waals surface area (Å²) in [5.74, 6) is 3.47. The van der Waals surface area contributed by atoms with Crippen LogP contribution in [0.3, 0.4) is 0 Å². The summed E-state index contributed by atoms with van der Waals surface area (Å²) in [6.07, 6.45) is 4.81. The minimum atomic E-state index is 0.273. The fourth-order valence-corrected chi connectivity index (χ4v) is 3.29. The zero-order chi connectivity index (χ0) is 16.1. The molecule has 1 aromatic rings. The Bertz CT molecular complexity index is 502. The molecular formula is C15H27N5OS. The van der Waals surface area contributed by atoms with Gasteiger partial charge in [0.15, 0.2) is 0 Å². The predicted molar refractivity (Wildman–Crippen MR) is 89.9 cm³/mol. The number of aromatic nitrogens is 3. The maximum Gasteiger partial charge on any atom is 0.223 e. The lowest BCUT2D eigenvalue weighted by atomic mass is 9.97. The number of amides is 1. The fourth-order valence-electron chi connectivity index (χ4n) is 2.91. The molecule has 0 spiro atoms. The molecule has 6 nitrogen and oxygen atoms in total. The molecule has 1 saturated heterocycles. The van der Waals surface area contributed by atoms with Crippen LogP contribution in [-0.4, -0.2) is 69.7 Å². The van der Waals surface area contributed by atoms with Crippen molar-refractivity contribution in [1.29, 1.82) is 0 Å². The molecule has 1 aliphatic rings. The molecule has 0 saturated carbocycles. The Morgan fingerprint density at radius 3 is 2.86 bits per heavy atom. The van der Waals surface area contributed by atoms with Crippen LogP contribution in [-0.2, 0) is 18.4 Å². The topological polar surface area (TPSA) is 54.3 Å². The van der Waals surface area contributed by atoms with E-state index in [1.165, 1.54) is 0 Å². The van der Waals surface area contributed by atoms with Crippen LogP contribution in [0.25, 0.3) is 0 Å². The van der Waals surface area contributed by atoms with Crippen LogP contribution in [0, 0.1) is 0 Å². The third kappa shape index (κ3) is 4.23. The molecular weight excluding hydrogens is 298 g/mol. The van der Waals surface area contributed by atoms with Gasteiger partial charge in [0, 0.05) is 38.2 Å². The molecule has 124 valence electrons. The van der Waals surface area contributed by atoms with Crippen molar-refractivity contribution in [2.24, 2.45) is 7.05 Å². The average Bonchev–Trinajstić information content (AvgIpc) is 2.85. The number of carbonyl (C=O) groups excluding carboxylic acids is 1. The van der Waals surface area contributed by atoms with Crippen LogP contribution >= 0.6 is 11.8 Å². The molecule has 0 aliphatic carbocycles. The number of hydrogen-bond acceptors (Lipinski definition) is 5. The van der Waals surface area contributed by atoms with Gasteiger partial charge in [-0.3, -0.25) is 4.79 Å². The molecule has 0 aromatic carbocycles. The van der Waals surface area contributed by atoms with Crippen molar-refractivity contribution >= 4 is 17.7 Å². The minimum Gasteiger partial charge on any atom is -0.342 e. The van der Waals surface area contributed by atoms with Crippen molar-refractivity contribution in [2.75, 3.05) is 39.2 Å². The highest BCUT2D eigenvalue weighted by Crippen LogP contribution is 2.26. The van der Waals surface area contributed by atoms with Gasteiger partial charge in [0.25, 0.3) is 0 Å². The van der Waals surface area contributed by atoms with E-state index in [-0.39, 0.29) is 5.91 Å². The number of hydrogen-bond donors (Lipinski definition) is 0. The van der Waals surface area contributed by atoms with Crippen LogP contribution in [0.15, 0.2) is 0 Å². The molecule has 7 heteroatoms. The van der Waals surface area contributed by atoms with Crippen LogP contribution < -0.4 is 0 Å². The van der Waals surface area contributed by atoms with E-state index >= 15 is 0 Å². The molecule has 0 unspecified atom stereocenters. The number of rotatable bonds is 6. The molecule has 1 aliphatic heterocycles. The van der Waals surface area contributed by atoms with Gasteiger partial charge < -0.3 is 14.4 Å². The quantitative estimate of drug-likeness (QED) is 0.790. The van der Waals surface area contributed by atoms with E-state index in [0.29, 0.717) is 12.3 Å². The molecule has 2 rings (SSSR count). The lowest BCUT2D eigenvalue weighted by Crippen LogP contribution is -2.39. The highest BCUT2D eigenvalue weighted by Gasteiger charge is 2.28. The van der Waals surface area contributed by atoms with Gasteiger partial charge in [0.2, 0.25) is 5.91 Å². The lowest BCUT2D eigenvalue weighted by molar-refractivity contribution is -0.132. The Labute approximate surface area is 137 Å². The van der Waals surface area contributed by atoms with Crippen molar-refractivity contribution < 1.29 is 4.79 Å². The normalized spacial score (nSPS) is 19.0. The summed E-state index contributed by atoms with van der Waals surface area (Å²) in [6.45, 7) is 2.44. The van der Waals surface area contributed by atoms with Crippen LogP contribution in [0.5, 0.6) is 0 Å². The summed E-state index contributed by atoms with van der Waals surface area (Å²) in [4.78, 5) is 16.3. The summed E-state index contributed by atoms with van der Waals surface area (Å²) < 4.78 is 2.10. The van der Waals surface area contributed by atoms with Crippen LogP contribution in [0.1, 0.15) is 36.8 Å². The molecule has 1 aromatic heterocycles. The maximum absolute atomic E-state index is 12.2. The van der Waals surface area contributed by atoms with E-state index in [4.69, 9.17) is 0 Å². The zero-order valence-corrected chi connectivity index (χ0v) is 14.9. The van der Waals surface area contributed by atoms with Crippen molar-refractivity contribution in [3.8, 4) is 0 Å². The summed E-state index contributed by atoms with van der Waals surface area (Å²) in [6, 6.07) is 0. The first-order valence-electron chi connectivity index (χ1n) is 7.82. The molecule has 0 bridgehead atoms.